The zero-order chi connectivity index (χ0) is 19.8. The van der Waals surface area contributed by atoms with Crippen molar-refractivity contribution in [3.8, 4) is 0 Å². The molecule has 8 heteroatoms. The van der Waals surface area contributed by atoms with E-state index in [1.165, 1.54) is 4.31 Å². The minimum Gasteiger partial charge on any atom is -0.460 e. The van der Waals surface area contributed by atoms with Crippen LogP contribution in [0.1, 0.15) is 37.3 Å². The van der Waals surface area contributed by atoms with Crippen molar-refractivity contribution in [3.63, 3.8) is 0 Å². The van der Waals surface area contributed by atoms with Crippen LogP contribution in [-0.2, 0) is 29.1 Å². The lowest BCUT2D eigenvalue weighted by molar-refractivity contribution is -0.164. The molecule has 0 N–H and O–H groups in total. The molecule has 2 aliphatic heterocycles. The molecule has 1 aromatic rings. The zero-order valence-electron chi connectivity index (χ0n) is 15.8. The summed E-state index contributed by atoms with van der Waals surface area (Å²) in [6.45, 7) is 5.96. The Morgan fingerprint density at radius 1 is 1.22 bits per heavy atom. The smallest absolute Gasteiger partial charge is 0.347 e. The summed E-state index contributed by atoms with van der Waals surface area (Å²) < 4.78 is 37.5. The topological polar surface area (TPSA) is 90.0 Å². The van der Waals surface area contributed by atoms with Crippen LogP contribution in [0.15, 0.2) is 23.1 Å². The van der Waals surface area contributed by atoms with E-state index in [0.29, 0.717) is 29.7 Å². The van der Waals surface area contributed by atoms with Crippen LogP contribution in [0.4, 0.5) is 0 Å². The molecule has 2 heterocycles. The second kappa shape index (κ2) is 7.59. The van der Waals surface area contributed by atoms with Crippen LogP contribution in [0.2, 0.25) is 0 Å². The zero-order valence-corrected chi connectivity index (χ0v) is 16.6. The highest BCUT2D eigenvalue weighted by atomic mass is 32.2. The molecule has 27 heavy (non-hydrogen) atoms. The first kappa shape index (κ1) is 19.8. The van der Waals surface area contributed by atoms with Gasteiger partial charge >= 0.3 is 11.9 Å². The largest absolute Gasteiger partial charge is 0.460 e. The fourth-order valence-electron chi connectivity index (χ4n) is 3.61. The molecule has 2 fully saturated rings. The fraction of sp³-hybridized carbons (Fsp3) is 0.579. The van der Waals surface area contributed by atoms with Gasteiger partial charge in [0.25, 0.3) is 0 Å². The highest BCUT2D eigenvalue weighted by molar-refractivity contribution is 7.89. The van der Waals surface area contributed by atoms with Crippen LogP contribution in [-0.4, -0.2) is 50.0 Å². The van der Waals surface area contributed by atoms with Crippen molar-refractivity contribution in [2.45, 2.75) is 57.1 Å². The Balaban J connectivity index is 1.61. The van der Waals surface area contributed by atoms with Gasteiger partial charge in [-0.3, -0.25) is 4.79 Å². The number of cyclic esters (lactones) is 1. The van der Waals surface area contributed by atoms with Crippen LogP contribution in [0.5, 0.6) is 0 Å². The second-order valence-corrected chi connectivity index (χ2v) is 9.26. The van der Waals surface area contributed by atoms with Gasteiger partial charge in [-0.05, 0) is 45.2 Å². The number of hydrogen-bond acceptors (Lipinski definition) is 6. The average Bonchev–Trinajstić information content (AvgIpc) is 2.91. The highest BCUT2D eigenvalue weighted by Crippen LogP contribution is 2.28. The summed E-state index contributed by atoms with van der Waals surface area (Å²) in [7, 11) is -3.59. The quantitative estimate of drug-likeness (QED) is 0.724. The lowest BCUT2D eigenvalue weighted by Gasteiger charge is -2.30. The van der Waals surface area contributed by atoms with Crippen LogP contribution in [0, 0.1) is 19.8 Å². The van der Waals surface area contributed by atoms with E-state index in [-0.39, 0.29) is 19.2 Å². The summed E-state index contributed by atoms with van der Waals surface area (Å²) in [5.74, 6) is -1.36. The Kier molecular flexibility index (Phi) is 5.58. The molecule has 2 aliphatic rings. The molecule has 2 atom stereocenters. The number of hydrogen-bond donors (Lipinski definition) is 0. The molecule has 0 aliphatic carbocycles. The van der Waals surface area contributed by atoms with Crippen LogP contribution >= 0.6 is 0 Å². The molecule has 148 valence electrons. The molecule has 0 radical (unpaired) electrons. The number of piperidine rings is 1. The van der Waals surface area contributed by atoms with Gasteiger partial charge < -0.3 is 9.47 Å². The van der Waals surface area contributed by atoms with Gasteiger partial charge in [0, 0.05) is 19.5 Å². The summed E-state index contributed by atoms with van der Waals surface area (Å²) in [5, 5.41) is 0. The number of sulfonamides is 1. The van der Waals surface area contributed by atoms with Crippen molar-refractivity contribution in [1.82, 2.24) is 4.31 Å². The minimum atomic E-state index is -3.59. The summed E-state index contributed by atoms with van der Waals surface area (Å²) in [5.41, 5.74) is 1.72. The number of rotatable bonds is 4. The summed E-state index contributed by atoms with van der Waals surface area (Å²) in [4.78, 5) is 24.2. The lowest BCUT2D eigenvalue weighted by Crippen LogP contribution is -2.41. The molecule has 0 amide bonds. The van der Waals surface area contributed by atoms with Gasteiger partial charge in [-0.15, -0.1) is 0 Å². The van der Waals surface area contributed by atoms with E-state index in [4.69, 9.17) is 9.47 Å². The summed E-state index contributed by atoms with van der Waals surface area (Å²) >= 11 is 0. The Bertz CT molecular complexity index is 842. The predicted octanol–water partition coefficient (Wildman–Crippen LogP) is 1.95. The van der Waals surface area contributed by atoms with E-state index in [1.54, 1.807) is 26.0 Å². The maximum Gasteiger partial charge on any atom is 0.347 e. The fourth-order valence-corrected chi connectivity index (χ4v) is 5.29. The number of carbonyl (C=O) groups is 2. The second-order valence-electron chi connectivity index (χ2n) is 7.36. The van der Waals surface area contributed by atoms with Gasteiger partial charge in [-0.25, -0.2) is 13.2 Å². The van der Waals surface area contributed by atoms with Gasteiger partial charge in [0.05, 0.1) is 10.8 Å². The first-order valence-electron chi connectivity index (χ1n) is 9.17. The Labute approximate surface area is 159 Å². The van der Waals surface area contributed by atoms with Gasteiger partial charge in [0.1, 0.15) is 6.10 Å². The first-order valence-corrected chi connectivity index (χ1v) is 10.6. The van der Waals surface area contributed by atoms with Gasteiger partial charge in [0.2, 0.25) is 16.1 Å². The van der Waals surface area contributed by atoms with Crippen molar-refractivity contribution < 1.29 is 27.5 Å². The first-order chi connectivity index (χ1) is 12.7. The molecule has 2 saturated heterocycles. The Morgan fingerprint density at radius 2 is 1.89 bits per heavy atom. The third-order valence-corrected chi connectivity index (χ3v) is 7.18. The van der Waals surface area contributed by atoms with E-state index < -0.39 is 34.0 Å². The van der Waals surface area contributed by atoms with Gasteiger partial charge in [0.15, 0.2) is 0 Å². The molecule has 0 unspecified atom stereocenters. The maximum atomic E-state index is 12.9. The van der Waals surface area contributed by atoms with E-state index in [9.17, 15) is 18.0 Å². The molecule has 0 aromatic heterocycles. The standard InChI is InChI=1S/C19H25NO6S/c1-12-4-5-17(13(2)10-12)27(23,24)20-8-6-15(7-9-20)18(21)26-16-11-14(3)25-19(16)22/h4-5,10,14-16H,6-9,11H2,1-3H3/t14-,16+/m1/s1. The Morgan fingerprint density at radius 3 is 2.44 bits per heavy atom. The Hall–Kier alpha value is -1.93. The van der Waals surface area contributed by atoms with Crippen LogP contribution in [0.3, 0.4) is 0 Å². The third-order valence-electron chi connectivity index (χ3n) is 5.12. The van der Waals surface area contributed by atoms with E-state index >= 15 is 0 Å². The average molecular weight is 395 g/mol. The molecule has 3 rings (SSSR count). The molecule has 7 nitrogen and oxygen atoms in total. The van der Waals surface area contributed by atoms with Crippen molar-refractivity contribution in [2.24, 2.45) is 5.92 Å². The number of aryl methyl sites for hydroxylation is 2. The van der Waals surface area contributed by atoms with E-state index in [2.05, 4.69) is 0 Å². The van der Waals surface area contributed by atoms with Crippen molar-refractivity contribution in [2.75, 3.05) is 13.1 Å². The monoisotopic (exact) mass is 395 g/mol. The minimum absolute atomic E-state index is 0.250. The number of esters is 2. The van der Waals surface area contributed by atoms with Crippen LogP contribution in [0.25, 0.3) is 0 Å². The molecule has 0 bridgehead atoms. The normalized spacial score (nSPS) is 24.6. The number of benzene rings is 1. The van der Waals surface area contributed by atoms with Crippen molar-refractivity contribution in [3.05, 3.63) is 29.3 Å². The molecular weight excluding hydrogens is 370 g/mol. The van der Waals surface area contributed by atoms with E-state index in [1.807, 2.05) is 13.0 Å². The highest BCUT2D eigenvalue weighted by Gasteiger charge is 2.38. The summed E-state index contributed by atoms with van der Waals surface area (Å²) in [6.07, 6.45) is 0.0231. The van der Waals surface area contributed by atoms with Crippen molar-refractivity contribution in [1.29, 1.82) is 0 Å². The summed E-state index contributed by atoms with van der Waals surface area (Å²) in [6, 6.07) is 5.26. The molecular formula is C19H25NO6S. The maximum absolute atomic E-state index is 12.9. The van der Waals surface area contributed by atoms with E-state index in [0.717, 1.165) is 5.56 Å². The number of nitrogens with zero attached hydrogens (tertiary/aromatic N) is 1. The lowest BCUT2D eigenvalue weighted by atomic mass is 9.98. The predicted molar refractivity (Wildman–Crippen MR) is 97.4 cm³/mol. The SMILES string of the molecule is Cc1ccc(S(=O)(=O)N2CCC(C(=O)O[C@H]3C[C@@H](C)OC3=O)CC2)c(C)c1. The number of ether oxygens (including phenoxy) is 2. The van der Waals surface area contributed by atoms with Gasteiger partial charge in [-0.1, -0.05) is 17.7 Å². The molecule has 0 spiro atoms. The molecule has 0 saturated carbocycles. The van der Waals surface area contributed by atoms with Crippen molar-refractivity contribution >= 4 is 22.0 Å². The number of carbonyl (C=O) groups excluding carboxylic acids is 2. The molecule has 1 aromatic carbocycles. The third kappa shape index (κ3) is 4.16. The van der Waals surface area contributed by atoms with Crippen LogP contribution < -0.4 is 0 Å². The van der Waals surface area contributed by atoms with Gasteiger partial charge in [-0.2, -0.15) is 4.31 Å².